The number of hydrogen-bond donors (Lipinski definition) is 3. The number of anilines is 1. The summed E-state index contributed by atoms with van der Waals surface area (Å²) in [4.78, 5) is 32.3. The van der Waals surface area contributed by atoms with Gasteiger partial charge in [0.2, 0.25) is 5.91 Å². The van der Waals surface area contributed by atoms with Crippen LogP contribution in [0.3, 0.4) is 0 Å². The molecule has 0 spiro atoms. The topological polar surface area (TPSA) is 122 Å². The van der Waals surface area contributed by atoms with Crippen LogP contribution in [0.5, 0.6) is 0 Å². The molecular weight excluding hydrogens is 266 g/mol. The molecule has 1 saturated heterocycles. The Bertz CT molecular complexity index is 611. The summed E-state index contributed by atoms with van der Waals surface area (Å²) < 4.78 is 0. The lowest BCUT2D eigenvalue weighted by Crippen LogP contribution is -2.32. The van der Waals surface area contributed by atoms with E-state index in [1.165, 1.54) is 24.4 Å². The van der Waals surface area contributed by atoms with Crippen molar-refractivity contribution < 1.29 is 19.6 Å². The maximum atomic E-state index is 11.5. The van der Waals surface area contributed by atoms with Crippen LogP contribution in [-0.2, 0) is 9.59 Å². The number of aliphatic carboxylic acids is 1. The zero-order valence-corrected chi connectivity index (χ0v) is 10.2. The molecule has 8 nitrogen and oxygen atoms in total. The molecule has 1 fully saturated rings. The van der Waals surface area contributed by atoms with Crippen LogP contribution in [-0.4, -0.2) is 27.9 Å². The van der Waals surface area contributed by atoms with Gasteiger partial charge in [-0.3, -0.25) is 14.9 Å². The van der Waals surface area contributed by atoms with Gasteiger partial charge in [0.15, 0.2) is 0 Å². The average molecular weight is 277 g/mol. The summed E-state index contributed by atoms with van der Waals surface area (Å²) in [5.74, 6) is -1.56. The lowest BCUT2D eigenvalue weighted by Gasteiger charge is -2.01. The number of nitrogens with zero attached hydrogens (tertiary/aromatic N) is 1. The SMILES string of the molecule is O=C1N[C@H](C(=O)O)C/C1=C\Nc1cccc([N+](=O)[O-])c1. The third-order valence-corrected chi connectivity index (χ3v) is 2.79. The van der Waals surface area contributed by atoms with E-state index < -0.39 is 22.8 Å². The minimum Gasteiger partial charge on any atom is -0.480 e. The number of rotatable bonds is 4. The number of carboxylic acids is 1. The summed E-state index contributed by atoms with van der Waals surface area (Å²) in [7, 11) is 0. The first kappa shape index (κ1) is 13.5. The van der Waals surface area contributed by atoms with Crippen molar-refractivity contribution in [2.45, 2.75) is 12.5 Å². The van der Waals surface area contributed by atoms with E-state index in [-0.39, 0.29) is 17.7 Å². The van der Waals surface area contributed by atoms with E-state index in [0.717, 1.165) is 0 Å². The number of carbonyl (C=O) groups excluding carboxylic acids is 1. The third-order valence-electron chi connectivity index (χ3n) is 2.79. The van der Waals surface area contributed by atoms with Crippen LogP contribution in [0.25, 0.3) is 0 Å². The molecule has 0 aliphatic carbocycles. The summed E-state index contributed by atoms with van der Waals surface area (Å²) in [5, 5.41) is 24.5. The molecular formula is C12H11N3O5. The van der Waals surface area contributed by atoms with Crippen LogP contribution in [0.2, 0.25) is 0 Å². The van der Waals surface area contributed by atoms with E-state index in [2.05, 4.69) is 10.6 Å². The molecule has 3 N–H and O–H groups in total. The number of hydrogen-bond acceptors (Lipinski definition) is 5. The van der Waals surface area contributed by atoms with Crippen LogP contribution >= 0.6 is 0 Å². The Balaban J connectivity index is 2.10. The summed E-state index contributed by atoms with van der Waals surface area (Å²) in [6.45, 7) is 0. The molecule has 1 amide bonds. The highest BCUT2D eigenvalue weighted by molar-refractivity contribution is 6.00. The molecule has 0 saturated carbocycles. The van der Waals surface area contributed by atoms with Crippen molar-refractivity contribution in [2.75, 3.05) is 5.32 Å². The molecule has 1 atom stereocenters. The Labute approximate surface area is 113 Å². The summed E-state index contributed by atoms with van der Waals surface area (Å²) in [6, 6.07) is 4.85. The number of non-ortho nitro benzene ring substituents is 1. The fourth-order valence-corrected chi connectivity index (χ4v) is 1.77. The Morgan fingerprint density at radius 2 is 2.30 bits per heavy atom. The molecule has 8 heteroatoms. The molecule has 0 bridgehead atoms. The second-order valence-electron chi connectivity index (χ2n) is 4.19. The van der Waals surface area contributed by atoms with Crippen LogP contribution in [0.15, 0.2) is 36.0 Å². The Hall–Kier alpha value is -2.90. The minimum absolute atomic E-state index is 0.0656. The summed E-state index contributed by atoms with van der Waals surface area (Å²) >= 11 is 0. The number of nitrogens with one attached hydrogen (secondary N) is 2. The number of carbonyl (C=O) groups is 2. The van der Waals surface area contributed by atoms with E-state index in [1.54, 1.807) is 6.07 Å². The fraction of sp³-hybridized carbons (Fsp3) is 0.167. The highest BCUT2D eigenvalue weighted by atomic mass is 16.6. The molecule has 0 radical (unpaired) electrons. The van der Waals surface area contributed by atoms with Crippen molar-refractivity contribution in [1.82, 2.24) is 5.32 Å². The van der Waals surface area contributed by atoms with E-state index >= 15 is 0 Å². The fourth-order valence-electron chi connectivity index (χ4n) is 1.77. The van der Waals surface area contributed by atoms with Gasteiger partial charge >= 0.3 is 5.97 Å². The molecule has 1 aliphatic heterocycles. The second-order valence-corrected chi connectivity index (χ2v) is 4.19. The molecule has 2 rings (SSSR count). The predicted molar refractivity (Wildman–Crippen MR) is 69.0 cm³/mol. The lowest BCUT2D eigenvalue weighted by atomic mass is 10.1. The first-order chi connectivity index (χ1) is 9.47. The molecule has 1 aromatic rings. The van der Waals surface area contributed by atoms with Gasteiger partial charge in [-0.1, -0.05) is 6.07 Å². The smallest absolute Gasteiger partial charge is 0.326 e. The first-order valence-electron chi connectivity index (χ1n) is 5.71. The van der Waals surface area contributed by atoms with Crippen LogP contribution in [0.1, 0.15) is 6.42 Å². The van der Waals surface area contributed by atoms with Gasteiger partial charge in [-0.15, -0.1) is 0 Å². The van der Waals surface area contributed by atoms with Gasteiger partial charge in [0.05, 0.1) is 4.92 Å². The molecule has 0 aromatic heterocycles. The predicted octanol–water partition coefficient (Wildman–Crippen LogP) is 0.864. The van der Waals surface area contributed by atoms with Crippen molar-refractivity contribution in [1.29, 1.82) is 0 Å². The average Bonchev–Trinajstić information content (AvgIpc) is 2.78. The maximum absolute atomic E-state index is 11.5. The Morgan fingerprint density at radius 3 is 2.90 bits per heavy atom. The van der Waals surface area contributed by atoms with Crippen molar-refractivity contribution in [3.8, 4) is 0 Å². The number of nitro benzene ring substituents is 1. The largest absolute Gasteiger partial charge is 0.480 e. The molecule has 104 valence electrons. The molecule has 1 aliphatic rings. The zero-order chi connectivity index (χ0) is 14.7. The van der Waals surface area contributed by atoms with Crippen molar-refractivity contribution >= 4 is 23.3 Å². The number of nitro groups is 1. The van der Waals surface area contributed by atoms with Gasteiger partial charge in [0.1, 0.15) is 6.04 Å². The zero-order valence-electron chi connectivity index (χ0n) is 10.2. The standard InChI is InChI=1S/C12H11N3O5/c16-11-7(4-10(14-11)12(17)18)6-13-8-2-1-3-9(5-8)15(19)20/h1-3,5-6,10,13H,4H2,(H,14,16)(H,17,18)/b7-6+/t10-/m0/s1. The van der Waals surface area contributed by atoms with Crippen molar-refractivity contribution in [3.63, 3.8) is 0 Å². The van der Waals surface area contributed by atoms with Gasteiger partial charge in [-0.25, -0.2) is 4.79 Å². The number of carboxylic acid groups (broad SMARTS) is 1. The second kappa shape index (κ2) is 5.39. The van der Waals surface area contributed by atoms with Gasteiger partial charge in [0, 0.05) is 36.0 Å². The summed E-state index contributed by atoms with van der Waals surface area (Å²) in [6.07, 6.45) is 1.42. The molecule has 0 unspecified atom stereocenters. The Kier molecular flexibility index (Phi) is 3.65. The highest BCUT2D eigenvalue weighted by Crippen LogP contribution is 2.19. The monoisotopic (exact) mass is 277 g/mol. The van der Waals surface area contributed by atoms with Crippen LogP contribution in [0, 0.1) is 10.1 Å². The van der Waals surface area contributed by atoms with E-state index in [0.29, 0.717) is 5.69 Å². The van der Waals surface area contributed by atoms with Crippen molar-refractivity contribution in [2.24, 2.45) is 0 Å². The van der Waals surface area contributed by atoms with E-state index in [4.69, 9.17) is 5.11 Å². The van der Waals surface area contributed by atoms with Gasteiger partial charge in [0.25, 0.3) is 5.69 Å². The third kappa shape index (κ3) is 2.91. The molecule has 1 heterocycles. The maximum Gasteiger partial charge on any atom is 0.326 e. The molecule has 20 heavy (non-hydrogen) atoms. The van der Waals surface area contributed by atoms with Crippen molar-refractivity contribution in [3.05, 3.63) is 46.2 Å². The quantitative estimate of drug-likeness (QED) is 0.426. The molecule has 1 aromatic carbocycles. The summed E-state index contributed by atoms with van der Waals surface area (Å²) in [5.41, 5.74) is 0.648. The lowest BCUT2D eigenvalue weighted by molar-refractivity contribution is -0.384. The number of benzene rings is 1. The number of amides is 1. The van der Waals surface area contributed by atoms with Gasteiger partial charge in [-0.05, 0) is 6.07 Å². The minimum atomic E-state index is -1.10. The van der Waals surface area contributed by atoms with Gasteiger partial charge in [-0.2, -0.15) is 0 Å². The normalized spacial score (nSPS) is 19.7. The van der Waals surface area contributed by atoms with E-state index in [1.807, 2.05) is 0 Å². The van der Waals surface area contributed by atoms with Crippen LogP contribution in [0.4, 0.5) is 11.4 Å². The van der Waals surface area contributed by atoms with E-state index in [9.17, 15) is 19.7 Å². The van der Waals surface area contributed by atoms with Crippen LogP contribution < -0.4 is 10.6 Å². The van der Waals surface area contributed by atoms with Gasteiger partial charge < -0.3 is 15.7 Å². The Morgan fingerprint density at radius 1 is 1.55 bits per heavy atom. The highest BCUT2D eigenvalue weighted by Gasteiger charge is 2.31. The first-order valence-corrected chi connectivity index (χ1v) is 5.71.